The Morgan fingerprint density at radius 1 is 1.25 bits per heavy atom. The molecule has 0 aromatic rings. The van der Waals surface area contributed by atoms with Crippen molar-refractivity contribution in [3.63, 3.8) is 0 Å². The maximum absolute atomic E-state index is 12.8. The number of rotatable bonds is 6. The maximum Gasteiger partial charge on any atom is 0.331 e. The molecule has 7 heteroatoms. The normalized spacial score (nSPS) is 45.3. The number of cyclic esters (lactones) is 1. The monoisotopic (exact) mass is 448 g/mol. The predicted octanol–water partition coefficient (Wildman–Crippen LogP) is 3.95. The molecule has 0 unspecified atom stereocenters. The molecule has 2 aliphatic heterocycles. The first-order chi connectivity index (χ1) is 14.8. The van der Waals surface area contributed by atoms with E-state index in [1.54, 1.807) is 19.1 Å². The van der Waals surface area contributed by atoms with Gasteiger partial charge in [-0.25, -0.2) is 9.68 Å². The van der Waals surface area contributed by atoms with Crippen molar-refractivity contribution in [3.05, 3.63) is 23.8 Å². The standard InChI is InChI=1S/C25H36O7/c1-15-13-19(26)30-16(15)7-11-22(2,32-29)12-8-18-23(3)9-6-10-24(4)20(23)17(31-21(24)27)14-25(18,5)28/h7,11,13,16-18,20,28-29H,6,8-10,12,14H2,1-5H3/t16-,17+,18-,20-,22-,23-,24-,25-/m1/s1. The zero-order chi connectivity index (χ0) is 23.5. The molecule has 1 saturated heterocycles. The van der Waals surface area contributed by atoms with Crippen molar-refractivity contribution in [3.8, 4) is 0 Å². The molecular formula is C25H36O7. The molecule has 2 saturated carbocycles. The zero-order valence-electron chi connectivity index (χ0n) is 19.7. The molecule has 0 amide bonds. The first kappa shape index (κ1) is 23.5. The summed E-state index contributed by atoms with van der Waals surface area (Å²) in [5.74, 6) is -0.516. The quantitative estimate of drug-likeness (QED) is 0.274. The topological polar surface area (TPSA) is 102 Å². The Hall–Kier alpha value is -1.70. The average Bonchev–Trinajstić information content (AvgIpc) is 3.14. The second kappa shape index (κ2) is 7.67. The third kappa shape index (κ3) is 3.62. The van der Waals surface area contributed by atoms with Crippen LogP contribution in [0.5, 0.6) is 0 Å². The minimum Gasteiger partial charge on any atom is -0.461 e. The van der Waals surface area contributed by atoms with Crippen LogP contribution < -0.4 is 0 Å². The van der Waals surface area contributed by atoms with E-state index in [-0.39, 0.29) is 35.3 Å². The van der Waals surface area contributed by atoms with Gasteiger partial charge in [-0.1, -0.05) is 13.3 Å². The molecule has 0 bridgehead atoms. The van der Waals surface area contributed by atoms with Crippen LogP contribution in [0.2, 0.25) is 0 Å². The van der Waals surface area contributed by atoms with Gasteiger partial charge in [0, 0.05) is 18.4 Å². The summed E-state index contributed by atoms with van der Waals surface area (Å²) in [4.78, 5) is 29.1. The van der Waals surface area contributed by atoms with Crippen molar-refractivity contribution in [2.24, 2.45) is 22.7 Å². The molecule has 4 rings (SSSR count). The van der Waals surface area contributed by atoms with Crippen molar-refractivity contribution < 1.29 is 34.3 Å². The lowest BCUT2D eigenvalue weighted by molar-refractivity contribution is -0.306. The van der Waals surface area contributed by atoms with Crippen LogP contribution in [0.4, 0.5) is 0 Å². The van der Waals surface area contributed by atoms with Crippen LogP contribution >= 0.6 is 0 Å². The molecule has 0 radical (unpaired) electrons. The van der Waals surface area contributed by atoms with E-state index in [2.05, 4.69) is 6.92 Å². The van der Waals surface area contributed by atoms with Crippen molar-refractivity contribution in [1.82, 2.24) is 0 Å². The van der Waals surface area contributed by atoms with E-state index in [4.69, 9.17) is 14.4 Å². The Morgan fingerprint density at radius 2 is 1.97 bits per heavy atom. The highest BCUT2D eigenvalue weighted by atomic mass is 17.1. The van der Waals surface area contributed by atoms with E-state index in [1.165, 1.54) is 6.08 Å². The molecule has 0 spiro atoms. The van der Waals surface area contributed by atoms with Gasteiger partial charge in [0.15, 0.2) is 0 Å². The van der Waals surface area contributed by atoms with Gasteiger partial charge in [-0.2, -0.15) is 0 Å². The van der Waals surface area contributed by atoms with Gasteiger partial charge in [0.2, 0.25) is 0 Å². The highest BCUT2D eigenvalue weighted by Gasteiger charge is 2.69. The first-order valence-electron chi connectivity index (χ1n) is 11.7. The van der Waals surface area contributed by atoms with Crippen LogP contribution in [-0.2, 0) is 24.0 Å². The fraction of sp³-hybridized carbons (Fsp3) is 0.760. The van der Waals surface area contributed by atoms with Gasteiger partial charge in [0.05, 0.1) is 11.0 Å². The van der Waals surface area contributed by atoms with E-state index >= 15 is 0 Å². The molecule has 0 aromatic carbocycles. The number of ether oxygens (including phenoxy) is 2. The van der Waals surface area contributed by atoms with Crippen molar-refractivity contribution in [1.29, 1.82) is 0 Å². The van der Waals surface area contributed by atoms with Gasteiger partial charge in [-0.15, -0.1) is 0 Å². The Labute approximate surface area is 189 Å². The summed E-state index contributed by atoms with van der Waals surface area (Å²) >= 11 is 0. The largest absolute Gasteiger partial charge is 0.461 e. The van der Waals surface area contributed by atoms with E-state index in [1.807, 2.05) is 20.8 Å². The van der Waals surface area contributed by atoms with Crippen LogP contribution in [-0.4, -0.2) is 45.7 Å². The SMILES string of the molecule is CC1=CC(=O)O[C@@H]1C=C[C@](C)(CC[C@@H]1[C@@]2(C)CCC[C@@]3(C)C(=O)O[C@@H](C[C@@]1(C)O)[C@H]23)OO. The molecule has 4 aliphatic rings. The molecule has 178 valence electrons. The minimum atomic E-state index is -1.00. The van der Waals surface area contributed by atoms with Gasteiger partial charge in [0.1, 0.15) is 17.8 Å². The fourth-order valence-electron chi connectivity index (χ4n) is 7.32. The van der Waals surface area contributed by atoms with E-state index < -0.39 is 22.7 Å². The Morgan fingerprint density at radius 3 is 2.59 bits per heavy atom. The summed E-state index contributed by atoms with van der Waals surface area (Å²) in [6.45, 7) is 9.66. The van der Waals surface area contributed by atoms with Crippen LogP contribution in [0, 0.1) is 22.7 Å². The third-order valence-corrected chi connectivity index (χ3v) is 8.87. The molecule has 8 atom stereocenters. The number of carbonyl (C=O) groups is 2. The molecule has 2 aliphatic carbocycles. The molecule has 3 fully saturated rings. The maximum atomic E-state index is 12.8. The third-order valence-electron chi connectivity index (χ3n) is 8.87. The number of carbonyl (C=O) groups excluding carboxylic acids is 2. The van der Waals surface area contributed by atoms with E-state index in [9.17, 15) is 20.0 Å². The highest BCUT2D eigenvalue weighted by Crippen LogP contribution is 2.66. The Balaban J connectivity index is 1.55. The van der Waals surface area contributed by atoms with Gasteiger partial charge >= 0.3 is 11.9 Å². The molecular weight excluding hydrogens is 412 g/mol. The lowest BCUT2D eigenvalue weighted by atomic mass is 9.44. The lowest BCUT2D eigenvalue weighted by Gasteiger charge is -2.59. The molecule has 0 aromatic heterocycles. The molecule has 2 heterocycles. The number of esters is 2. The second-order valence-electron chi connectivity index (χ2n) is 11.4. The minimum absolute atomic E-state index is 0.0732. The van der Waals surface area contributed by atoms with Crippen LogP contribution in [0.25, 0.3) is 0 Å². The first-order valence-corrected chi connectivity index (χ1v) is 11.7. The lowest BCUT2D eigenvalue weighted by Crippen LogP contribution is -2.61. The predicted molar refractivity (Wildman–Crippen MR) is 116 cm³/mol. The van der Waals surface area contributed by atoms with Crippen LogP contribution in [0.15, 0.2) is 23.8 Å². The molecule has 32 heavy (non-hydrogen) atoms. The van der Waals surface area contributed by atoms with Crippen LogP contribution in [0.1, 0.15) is 73.1 Å². The van der Waals surface area contributed by atoms with E-state index in [0.29, 0.717) is 19.3 Å². The average molecular weight is 449 g/mol. The van der Waals surface area contributed by atoms with Gasteiger partial charge in [0.25, 0.3) is 0 Å². The van der Waals surface area contributed by atoms with Crippen molar-refractivity contribution in [2.75, 3.05) is 0 Å². The molecule has 2 N–H and O–H groups in total. The highest BCUT2D eigenvalue weighted by molar-refractivity contribution is 5.86. The van der Waals surface area contributed by atoms with Crippen molar-refractivity contribution in [2.45, 2.75) is 96.6 Å². The zero-order valence-corrected chi connectivity index (χ0v) is 19.7. The Bertz CT molecular complexity index is 860. The number of aliphatic hydroxyl groups is 1. The number of hydrogen-bond acceptors (Lipinski definition) is 7. The summed E-state index contributed by atoms with van der Waals surface area (Å²) in [5.41, 5.74) is -1.96. The number of hydrogen-bond donors (Lipinski definition) is 2. The molecule has 7 nitrogen and oxygen atoms in total. The van der Waals surface area contributed by atoms with Gasteiger partial charge in [-0.3, -0.25) is 10.1 Å². The summed E-state index contributed by atoms with van der Waals surface area (Å²) in [5, 5.41) is 21.2. The second-order valence-corrected chi connectivity index (χ2v) is 11.4. The van der Waals surface area contributed by atoms with Crippen LogP contribution in [0.3, 0.4) is 0 Å². The fourth-order valence-corrected chi connectivity index (χ4v) is 7.32. The summed E-state index contributed by atoms with van der Waals surface area (Å²) in [6, 6.07) is 0. The van der Waals surface area contributed by atoms with Gasteiger partial charge in [-0.05, 0) is 82.4 Å². The summed E-state index contributed by atoms with van der Waals surface area (Å²) < 4.78 is 11.0. The Kier molecular flexibility index (Phi) is 5.63. The van der Waals surface area contributed by atoms with Crippen molar-refractivity contribution >= 4 is 11.9 Å². The smallest absolute Gasteiger partial charge is 0.331 e. The summed E-state index contributed by atoms with van der Waals surface area (Å²) in [7, 11) is 0. The van der Waals surface area contributed by atoms with E-state index in [0.717, 1.165) is 24.8 Å². The van der Waals surface area contributed by atoms with Gasteiger partial charge < -0.3 is 14.6 Å². The summed E-state index contributed by atoms with van der Waals surface area (Å²) in [6.07, 6.45) is 8.35.